The molecule has 0 amide bonds. The fourth-order valence-electron chi connectivity index (χ4n) is 2.78. The molecule has 1 aliphatic rings. The number of hydrogen-bond donors (Lipinski definition) is 0. The molecule has 0 N–H and O–H groups in total. The van der Waals surface area contributed by atoms with Crippen LogP contribution in [0.4, 0.5) is 0 Å². The Balaban J connectivity index is 2.21. The molecular formula is C19H36O4Si. The lowest BCUT2D eigenvalue weighted by Crippen LogP contribution is -2.23. The second-order valence-corrected chi connectivity index (χ2v) is 13.2. The van der Waals surface area contributed by atoms with Crippen LogP contribution >= 0.6 is 0 Å². The topological polar surface area (TPSA) is 44.8 Å². The number of ether oxygens (including phenoxy) is 3. The highest BCUT2D eigenvalue weighted by Gasteiger charge is 2.20. The van der Waals surface area contributed by atoms with Gasteiger partial charge in [0.1, 0.15) is 0 Å². The molecule has 24 heavy (non-hydrogen) atoms. The van der Waals surface area contributed by atoms with Crippen LogP contribution in [0, 0.1) is 0 Å². The Morgan fingerprint density at radius 2 is 2.00 bits per heavy atom. The van der Waals surface area contributed by atoms with E-state index in [0.29, 0.717) is 6.61 Å². The SMILES string of the molecule is CCOC(=O)/C(=C\CCCCCOC1CCCCO1)C[Si](C)(C)C. The molecule has 0 aliphatic carbocycles. The molecule has 1 aliphatic heterocycles. The largest absolute Gasteiger partial charge is 0.463 e. The molecule has 140 valence electrons. The zero-order valence-electron chi connectivity index (χ0n) is 16.1. The van der Waals surface area contributed by atoms with E-state index in [9.17, 15) is 4.79 Å². The summed E-state index contributed by atoms with van der Waals surface area (Å²) in [6, 6.07) is 0.897. The van der Waals surface area contributed by atoms with Crippen molar-refractivity contribution in [2.45, 2.75) is 83.8 Å². The van der Waals surface area contributed by atoms with Crippen molar-refractivity contribution in [2.24, 2.45) is 0 Å². The van der Waals surface area contributed by atoms with E-state index in [0.717, 1.165) is 63.4 Å². The van der Waals surface area contributed by atoms with Gasteiger partial charge in [-0.3, -0.25) is 0 Å². The summed E-state index contributed by atoms with van der Waals surface area (Å²) < 4.78 is 16.5. The van der Waals surface area contributed by atoms with Gasteiger partial charge in [-0.05, 0) is 51.5 Å². The third-order valence-corrected chi connectivity index (χ3v) is 5.38. The number of carbonyl (C=O) groups excluding carboxylic acids is 1. The van der Waals surface area contributed by atoms with Gasteiger partial charge >= 0.3 is 5.97 Å². The van der Waals surface area contributed by atoms with Gasteiger partial charge in [0.25, 0.3) is 0 Å². The summed E-state index contributed by atoms with van der Waals surface area (Å²) in [5, 5.41) is 0. The van der Waals surface area contributed by atoms with Crippen molar-refractivity contribution in [3.63, 3.8) is 0 Å². The highest BCUT2D eigenvalue weighted by atomic mass is 28.3. The Morgan fingerprint density at radius 1 is 1.21 bits per heavy atom. The van der Waals surface area contributed by atoms with Gasteiger partial charge in [-0.2, -0.15) is 0 Å². The highest BCUT2D eigenvalue weighted by Crippen LogP contribution is 2.19. The van der Waals surface area contributed by atoms with E-state index in [4.69, 9.17) is 14.2 Å². The molecule has 5 heteroatoms. The minimum absolute atomic E-state index is 0.0193. The molecule has 0 aromatic rings. The third kappa shape index (κ3) is 10.3. The average Bonchev–Trinajstić information content (AvgIpc) is 2.53. The summed E-state index contributed by atoms with van der Waals surface area (Å²) in [5.74, 6) is -0.127. The molecule has 0 saturated carbocycles. The molecule has 0 aromatic carbocycles. The molecular weight excluding hydrogens is 320 g/mol. The van der Waals surface area contributed by atoms with Crippen LogP contribution < -0.4 is 0 Å². The molecule has 1 heterocycles. The predicted octanol–water partition coefficient (Wildman–Crippen LogP) is 4.92. The molecule has 1 unspecified atom stereocenters. The summed E-state index contributed by atoms with van der Waals surface area (Å²) >= 11 is 0. The summed E-state index contributed by atoms with van der Waals surface area (Å²) in [7, 11) is -1.32. The standard InChI is InChI=1S/C19H36O4Si/c1-5-21-19(20)17(16-24(2,3)4)12-8-6-7-10-14-22-18-13-9-11-15-23-18/h12,18H,5-11,13-16H2,1-4H3/b17-12-. The maximum atomic E-state index is 12.1. The normalized spacial score (nSPS) is 19.3. The summed E-state index contributed by atoms with van der Waals surface area (Å²) in [6.45, 7) is 10.8. The monoisotopic (exact) mass is 356 g/mol. The number of carbonyl (C=O) groups is 1. The van der Waals surface area contributed by atoms with Crippen molar-refractivity contribution >= 4 is 14.0 Å². The van der Waals surface area contributed by atoms with E-state index in [1.165, 1.54) is 6.42 Å². The smallest absolute Gasteiger partial charge is 0.333 e. The predicted molar refractivity (Wildman–Crippen MR) is 101 cm³/mol. The number of rotatable bonds is 11. The van der Waals surface area contributed by atoms with Crippen molar-refractivity contribution in [3.8, 4) is 0 Å². The van der Waals surface area contributed by atoms with E-state index in [-0.39, 0.29) is 12.3 Å². The molecule has 4 nitrogen and oxygen atoms in total. The number of allylic oxidation sites excluding steroid dienone is 1. The molecule has 0 aromatic heterocycles. The molecule has 1 rings (SSSR count). The molecule has 1 fully saturated rings. The minimum atomic E-state index is -1.32. The van der Waals surface area contributed by atoms with Gasteiger partial charge in [0, 0.05) is 26.9 Å². The minimum Gasteiger partial charge on any atom is -0.463 e. The number of esters is 1. The lowest BCUT2D eigenvalue weighted by molar-refractivity contribution is -0.162. The first-order valence-electron chi connectivity index (χ1n) is 9.52. The van der Waals surface area contributed by atoms with E-state index >= 15 is 0 Å². The van der Waals surface area contributed by atoms with Crippen LogP contribution in [0.5, 0.6) is 0 Å². The Morgan fingerprint density at radius 3 is 2.62 bits per heavy atom. The Hall–Kier alpha value is -0.653. The van der Waals surface area contributed by atoms with E-state index < -0.39 is 8.07 Å². The van der Waals surface area contributed by atoms with Crippen molar-refractivity contribution in [2.75, 3.05) is 19.8 Å². The van der Waals surface area contributed by atoms with E-state index in [1.807, 2.05) is 6.92 Å². The fraction of sp³-hybridized carbons (Fsp3) is 0.842. The highest BCUT2D eigenvalue weighted by molar-refractivity contribution is 6.77. The van der Waals surface area contributed by atoms with Crippen LogP contribution in [0.1, 0.15) is 51.9 Å². The van der Waals surface area contributed by atoms with Crippen molar-refractivity contribution in [1.82, 2.24) is 0 Å². The van der Waals surface area contributed by atoms with Crippen LogP contribution in [0.15, 0.2) is 11.6 Å². The molecule has 0 bridgehead atoms. The zero-order chi connectivity index (χ0) is 17.8. The second kappa shape index (κ2) is 11.8. The van der Waals surface area contributed by atoms with Crippen molar-refractivity contribution in [1.29, 1.82) is 0 Å². The second-order valence-electron chi connectivity index (χ2n) is 7.70. The first-order valence-corrected chi connectivity index (χ1v) is 13.2. The zero-order valence-corrected chi connectivity index (χ0v) is 17.1. The third-order valence-electron chi connectivity index (χ3n) is 3.94. The van der Waals surface area contributed by atoms with Crippen molar-refractivity contribution < 1.29 is 19.0 Å². The molecule has 1 atom stereocenters. The first kappa shape index (κ1) is 21.4. The Kier molecular flexibility index (Phi) is 10.5. The van der Waals surface area contributed by atoms with E-state index in [2.05, 4.69) is 25.7 Å². The van der Waals surface area contributed by atoms with Crippen LogP contribution in [0.25, 0.3) is 0 Å². The van der Waals surface area contributed by atoms with Gasteiger partial charge in [0.2, 0.25) is 0 Å². The number of unbranched alkanes of at least 4 members (excludes halogenated alkanes) is 3. The van der Waals surface area contributed by atoms with Gasteiger partial charge in [0.15, 0.2) is 6.29 Å². The van der Waals surface area contributed by atoms with Crippen LogP contribution in [-0.2, 0) is 19.0 Å². The van der Waals surface area contributed by atoms with Crippen LogP contribution in [0.3, 0.4) is 0 Å². The summed E-state index contributed by atoms with van der Waals surface area (Å²) in [5.41, 5.74) is 0.878. The van der Waals surface area contributed by atoms with Gasteiger partial charge in [0.05, 0.1) is 6.61 Å². The van der Waals surface area contributed by atoms with Crippen molar-refractivity contribution in [3.05, 3.63) is 11.6 Å². The first-order chi connectivity index (χ1) is 11.4. The molecule has 0 spiro atoms. The molecule has 1 saturated heterocycles. The Labute approximate surface area is 148 Å². The van der Waals surface area contributed by atoms with Gasteiger partial charge in [-0.25, -0.2) is 4.79 Å². The quantitative estimate of drug-likeness (QED) is 0.228. The van der Waals surface area contributed by atoms with Crippen LogP contribution in [0.2, 0.25) is 25.7 Å². The maximum absolute atomic E-state index is 12.1. The summed E-state index contributed by atoms with van der Waals surface area (Å²) in [4.78, 5) is 12.1. The average molecular weight is 357 g/mol. The van der Waals surface area contributed by atoms with Gasteiger partial charge < -0.3 is 14.2 Å². The Bertz CT molecular complexity index is 381. The van der Waals surface area contributed by atoms with E-state index in [1.54, 1.807) is 0 Å². The number of hydrogen-bond acceptors (Lipinski definition) is 4. The fourth-order valence-corrected chi connectivity index (χ4v) is 4.21. The lowest BCUT2D eigenvalue weighted by atomic mass is 10.1. The maximum Gasteiger partial charge on any atom is 0.333 e. The summed E-state index contributed by atoms with van der Waals surface area (Å²) in [6.07, 6.45) is 9.72. The van der Waals surface area contributed by atoms with Crippen LogP contribution in [-0.4, -0.2) is 40.2 Å². The molecule has 0 radical (unpaired) electrons. The van der Waals surface area contributed by atoms with Gasteiger partial charge in [-0.15, -0.1) is 0 Å². The van der Waals surface area contributed by atoms with Gasteiger partial charge in [-0.1, -0.05) is 32.1 Å². The lowest BCUT2D eigenvalue weighted by Gasteiger charge is -2.22.